The second-order valence-corrected chi connectivity index (χ2v) is 5.20. The molecule has 0 fully saturated rings. The molecule has 1 aliphatic heterocycles. The summed E-state index contributed by atoms with van der Waals surface area (Å²) in [5.74, 6) is -0.893. The van der Waals surface area contributed by atoms with Crippen LogP contribution >= 0.6 is 28.3 Å². The maximum atomic E-state index is 12.5. The smallest absolute Gasteiger partial charge is 0.335 e. The Balaban J connectivity index is 0.00000161. The van der Waals surface area contributed by atoms with Crippen molar-refractivity contribution in [3.8, 4) is 5.75 Å². The molecule has 1 atom stereocenters. The lowest BCUT2D eigenvalue weighted by Gasteiger charge is -2.26. The normalized spacial score (nSPS) is 16.6. The van der Waals surface area contributed by atoms with E-state index in [-0.39, 0.29) is 35.9 Å². The SMILES string of the molecule is Cl.O=C(O)c1cc(Br)c2c(c1)C(=O)C(n1ccnc1)CO2. The van der Waals surface area contributed by atoms with Crippen LogP contribution in [0, 0.1) is 0 Å². The lowest BCUT2D eigenvalue weighted by Crippen LogP contribution is -2.30. The molecule has 2 aromatic rings. The highest BCUT2D eigenvalue weighted by atomic mass is 79.9. The molecule has 2 heterocycles. The van der Waals surface area contributed by atoms with Gasteiger partial charge < -0.3 is 14.4 Å². The molecule has 1 aliphatic rings. The lowest BCUT2D eigenvalue weighted by atomic mass is 9.98. The van der Waals surface area contributed by atoms with Crippen molar-refractivity contribution in [2.24, 2.45) is 0 Å². The van der Waals surface area contributed by atoms with Crippen molar-refractivity contribution in [3.05, 3.63) is 46.5 Å². The van der Waals surface area contributed by atoms with Crippen LogP contribution in [0.2, 0.25) is 0 Å². The molecule has 110 valence electrons. The molecular formula is C13H10BrClN2O4. The fourth-order valence-electron chi connectivity index (χ4n) is 2.14. The minimum Gasteiger partial charge on any atom is -0.489 e. The maximum absolute atomic E-state index is 12.5. The first-order chi connectivity index (χ1) is 9.58. The summed E-state index contributed by atoms with van der Waals surface area (Å²) in [4.78, 5) is 27.5. The molecule has 1 aromatic carbocycles. The molecule has 0 saturated heterocycles. The molecule has 8 heteroatoms. The summed E-state index contributed by atoms with van der Waals surface area (Å²) in [5, 5.41) is 9.06. The number of imidazole rings is 1. The first kappa shape index (κ1) is 15.5. The zero-order chi connectivity index (χ0) is 14.3. The number of aromatic nitrogens is 2. The molecule has 1 unspecified atom stereocenters. The number of fused-ring (bicyclic) bond motifs is 1. The van der Waals surface area contributed by atoms with Crippen LogP contribution < -0.4 is 4.74 Å². The zero-order valence-electron chi connectivity index (χ0n) is 10.5. The number of carboxylic acids is 1. The highest BCUT2D eigenvalue weighted by Gasteiger charge is 2.32. The molecule has 3 rings (SSSR count). The standard InChI is InChI=1S/C13H9BrN2O4.ClH/c14-9-4-7(13(18)19)3-8-11(17)10(5-20-12(8)9)16-2-1-15-6-16;/h1-4,6,10H,5H2,(H,18,19);1H. The van der Waals surface area contributed by atoms with Crippen molar-refractivity contribution in [1.29, 1.82) is 0 Å². The summed E-state index contributed by atoms with van der Waals surface area (Å²) >= 11 is 3.24. The Kier molecular flexibility index (Phi) is 4.34. The van der Waals surface area contributed by atoms with Gasteiger partial charge in [-0.1, -0.05) is 0 Å². The van der Waals surface area contributed by atoms with Crippen LogP contribution in [0.3, 0.4) is 0 Å². The average molecular weight is 374 g/mol. The number of nitrogens with zero attached hydrogens (tertiary/aromatic N) is 2. The fraction of sp³-hybridized carbons (Fsp3) is 0.154. The number of rotatable bonds is 2. The second kappa shape index (κ2) is 5.87. The van der Waals surface area contributed by atoms with E-state index in [1.165, 1.54) is 18.5 Å². The van der Waals surface area contributed by atoms with Gasteiger partial charge in [0.15, 0.2) is 5.78 Å². The summed E-state index contributed by atoms with van der Waals surface area (Å²) in [5.41, 5.74) is 0.306. The van der Waals surface area contributed by atoms with Gasteiger partial charge in [-0.15, -0.1) is 12.4 Å². The molecule has 6 nitrogen and oxygen atoms in total. The average Bonchev–Trinajstić information content (AvgIpc) is 2.93. The van der Waals surface area contributed by atoms with Gasteiger partial charge in [0.2, 0.25) is 0 Å². The highest BCUT2D eigenvalue weighted by molar-refractivity contribution is 9.10. The Labute approximate surface area is 134 Å². The number of benzene rings is 1. The second-order valence-electron chi connectivity index (χ2n) is 4.34. The number of ether oxygens (including phenoxy) is 1. The first-order valence-corrected chi connectivity index (χ1v) is 6.58. The van der Waals surface area contributed by atoms with E-state index in [1.54, 1.807) is 17.0 Å². The van der Waals surface area contributed by atoms with Gasteiger partial charge in [-0.05, 0) is 28.1 Å². The van der Waals surface area contributed by atoms with E-state index >= 15 is 0 Å². The van der Waals surface area contributed by atoms with Crippen LogP contribution in [-0.2, 0) is 0 Å². The van der Waals surface area contributed by atoms with Crippen molar-refractivity contribution in [3.63, 3.8) is 0 Å². The third-order valence-corrected chi connectivity index (χ3v) is 3.72. The number of Topliss-reactive ketones (excluding diaryl/α,β-unsaturated/α-hetero) is 1. The summed E-state index contributed by atoms with van der Waals surface area (Å²) in [6, 6.07) is 2.24. The predicted octanol–water partition coefficient (Wildman–Crippen LogP) is 2.58. The molecule has 0 aliphatic carbocycles. The van der Waals surface area contributed by atoms with Crippen LogP contribution in [0.25, 0.3) is 0 Å². The zero-order valence-corrected chi connectivity index (χ0v) is 12.9. The number of carbonyl (C=O) groups is 2. The molecule has 0 saturated carbocycles. The van der Waals surface area contributed by atoms with Gasteiger partial charge in [0.1, 0.15) is 18.4 Å². The van der Waals surface area contributed by atoms with Crippen molar-refractivity contribution in [1.82, 2.24) is 9.55 Å². The van der Waals surface area contributed by atoms with Crippen molar-refractivity contribution >= 4 is 40.1 Å². The van der Waals surface area contributed by atoms with E-state index in [2.05, 4.69) is 20.9 Å². The number of carbonyl (C=O) groups excluding carboxylic acids is 1. The van der Waals surface area contributed by atoms with Crippen molar-refractivity contribution in [2.45, 2.75) is 6.04 Å². The number of aromatic carboxylic acids is 1. The molecule has 0 spiro atoms. The lowest BCUT2D eigenvalue weighted by molar-refractivity contribution is 0.0696. The van der Waals surface area contributed by atoms with E-state index < -0.39 is 12.0 Å². The van der Waals surface area contributed by atoms with Crippen LogP contribution in [-0.4, -0.2) is 33.0 Å². The minimum atomic E-state index is -1.09. The molecule has 21 heavy (non-hydrogen) atoms. The minimum absolute atomic E-state index is 0. The number of hydrogen-bond acceptors (Lipinski definition) is 4. The molecule has 0 bridgehead atoms. The van der Waals surface area contributed by atoms with Crippen LogP contribution in [0.5, 0.6) is 5.75 Å². The summed E-state index contributed by atoms with van der Waals surface area (Å²) in [7, 11) is 0. The fourth-order valence-corrected chi connectivity index (χ4v) is 2.71. The van der Waals surface area contributed by atoms with Gasteiger partial charge in [0.25, 0.3) is 0 Å². The topological polar surface area (TPSA) is 81.4 Å². The molecule has 0 radical (unpaired) electrons. The van der Waals surface area contributed by atoms with Gasteiger partial charge >= 0.3 is 5.97 Å². The van der Waals surface area contributed by atoms with Gasteiger partial charge in [-0.2, -0.15) is 0 Å². The van der Waals surface area contributed by atoms with E-state index in [9.17, 15) is 9.59 Å². The Morgan fingerprint density at radius 2 is 2.24 bits per heavy atom. The van der Waals surface area contributed by atoms with Gasteiger partial charge in [-0.3, -0.25) is 4.79 Å². The number of ketones is 1. The number of halogens is 2. The quantitative estimate of drug-likeness (QED) is 0.875. The summed E-state index contributed by atoms with van der Waals surface area (Å²) in [6.45, 7) is 0.188. The molecule has 1 N–H and O–H groups in total. The van der Waals surface area contributed by atoms with E-state index in [4.69, 9.17) is 9.84 Å². The number of carboxylic acid groups (broad SMARTS) is 1. The third kappa shape index (κ3) is 2.66. The molecular weight excluding hydrogens is 364 g/mol. The largest absolute Gasteiger partial charge is 0.489 e. The summed E-state index contributed by atoms with van der Waals surface area (Å²) in [6.07, 6.45) is 4.78. The van der Waals surface area contributed by atoms with Gasteiger partial charge in [-0.25, -0.2) is 9.78 Å². The van der Waals surface area contributed by atoms with E-state index in [0.29, 0.717) is 10.2 Å². The Bertz CT molecular complexity index is 702. The number of hydrogen-bond donors (Lipinski definition) is 1. The monoisotopic (exact) mass is 372 g/mol. The van der Waals surface area contributed by atoms with E-state index in [0.717, 1.165) is 0 Å². The molecule has 0 amide bonds. The van der Waals surface area contributed by atoms with Gasteiger partial charge in [0.05, 0.1) is 21.9 Å². The molecule has 1 aromatic heterocycles. The van der Waals surface area contributed by atoms with Crippen LogP contribution in [0.1, 0.15) is 26.8 Å². The van der Waals surface area contributed by atoms with Crippen LogP contribution in [0.15, 0.2) is 35.3 Å². The van der Waals surface area contributed by atoms with E-state index in [1.807, 2.05) is 0 Å². The van der Waals surface area contributed by atoms with Crippen molar-refractivity contribution < 1.29 is 19.4 Å². The first-order valence-electron chi connectivity index (χ1n) is 5.79. The highest BCUT2D eigenvalue weighted by Crippen LogP contribution is 2.37. The predicted molar refractivity (Wildman–Crippen MR) is 79.4 cm³/mol. The maximum Gasteiger partial charge on any atom is 0.335 e. The Morgan fingerprint density at radius 3 is 2.86 bits per heavy atom. The van der Waals surface area contributed by atoms with Gasteiger partial charge in [0, 0.05) is 12.4 Å². The summed E-state index contributed by atoms with van der Waals surface area (Å²) < 4.78 is 7.69. The Morgan fingerprint density at radius 1 is 1.48 bits per heavy atom. The third-order valence-electron chi connectivity index (χ3n) is 3.13. The van der Waals surface area contributed by atoms with Crippen LogP contribution in [0.4, 0.5) is 0 Å². The van der Waals surface area contributed by atoms with Crippen molar-refractivity contribution in [2.75, 3.05) is 6.61 Å². The Hall–Kier alpha value is -1.86.